The monoisotopic (exact) mass is 380 g/mol. The number of carbonyl (C=O) groups excluding carboxylic acids is 1. The molecule has 5 heteroatoms. The summed E-state index contributed by atoms with van der Waals surface area (Å²) < 4.78 is 10.8. The molecule has 27 heavy (non-hydrogen) atoms. The summed E-state index contributed by atoms with van der Waals surface area (Å²) in [5, 5.41) is 0.863. The molecule has 0 radical (unpaired) electrons. The van der Waals surface area contributed by atoms with Crippen molar-refractivity contribution in [3.8, 4) is 0 Å². The zero-order valence-corrected chi connectivity index (χ0v) is 15.7. The second-order valence-electron chi connectivity index (χ2n) is 6.63. The topological polar surface area (TPSA) is 56.5 Å². The van der Waals surface area contributed by atoms with Crippen LogP contribution in [0.3, 0.4) is 0 Å². The van der Waals surface area contributed by atoms with Crippen molar-refractivity contribution in [3.63, 3.8) is 0 Å². The van der Waals surface area contributed by atoms with E-state index in [0.29, 0.717) is 23.3 Å². The van der Waals surface area contributed by atoms with Crippen molar-refractivity contribution in [2.75, 3.05) is 5.75 Å². The molecular weight excluding hydrogens is 360 g/mol. The predicted octanol–water partition coefficient (Wildman–Crippen LogP) is 4.51. The van der Waals surface area contributed by atoms with E-state index in [4.69, 9.17) is 9.15 Å². The van der Waals surface area contributed by atoms with Crippen molar-refractivity contribution in [2.24, 2.45) is 0 Å². The summed E-state index contributed by atoms with van der Waals surface area (Å²) in [4.78, 5) is 25.1. The van der Waals surface area contributed by atoms with Gasteiger partial charge in [-0.15, -0.1) is 11.8 Å². The molecule has 0 unspecified atom stereocenters. The number of aryl methyl sites for hydroxylation is 2. The van der Waals surface area contributed by atoms with E-state index in [2.05, 4.69) is 6.07 Å². The molecule has 3 aromatic rings. The lowest BCUT2D eigenvalue weighted by Gasteiger charge is -2.09. The first-order valence-corrected chi connectivity index (χ1v) is 10.1. The number of hydrogen-bond acceptors (Lipinski definition) is 5. The number of rotatable bonds is 6. The van der Waals surface area contributed by atoms with Crippen LogP contribution in [0.5, 0.6) is 0 Å². The Balaban J connectivity index is 1.41. The Labute approximate surface area is 161 Å². The number of hydrogen-bond donors (Lipinski definition) is 0. The second kappa shape index (κ2) is 8.01. The van der Waals surface area contributed by atoms with Gasteiger partial charge in [-0.05, 0) is 54.7 Å². The quantitative estimate of drug-likeness (QED) is 0.358. The number of fused-ring (bicyclic) bond motifs is 2. The van der Waals surface area contributed by atoms with Crippen molar-refractivity contribution >= 4 is 28.7 Å². The van der Waals surface area contributed by atoms with Gasteiger partial charge in [0.15, 0.2) is 0 Å². The third-order valence-corrected chi connectivity index (χ3v) is 5.76. The number of thioether (sulfide) groups is 1. The molecule has 2 aromatic carbocycles. The van der Waals surface area contributed by atoms with Gasteiger partial charge in [0, 0.05) is 27.7 Å². The fourth-order valence-corrected chi connectivity index (χ4v) is 4.27. The molecule has 0 spiro atoms. The van der Waals surface area contributed by atoms with Gasteiger partial charge >= 0.3 is 11.6 Å². The highest BCUT2D eigenvalue weighted by atomic mass is 32.2. The Kier molecular flexibility index (Phi) is 5.30. The summed E-state index contributed by atoms with van der Waals surface area (Å²) in [6, 6.07) is 15.4. The molecule has 0 aliphatic heterocycles. The minimum absolute atomic E-state index is 0.0930. The van der Waals surface area contributed by atoms with Crippen LogP contribution in [-0.4, -0.2) is 11.7 Å². The van der Waals surface area contributed by atoms with Gasteiger partial charge in [0.1, 0.15) is 12.2 Å². The standard InChI is InChI=1S/C22H20O4S/c23-21(9-10-27-18-7-2-1-3-8-18)25-14-17-13-22(24)26-20-12-16-6-4-5-15(16)11-19(17)20/h1-3,7-8,11-13H,4-6,9-10,14H2. The minimum atomic E-state index is -0.411. The van der Waals surface area contributed by atoms with Gasteiger partial charge in [-0.1, -0.05) is 18.2 Å². The Morgan fingerprint density at radius 1 is 1.07 bits per heavy atom. The van der Waals surface area contributed by atoms with Crippen molar-refractivity contribution < 1.29 is 13.9 Å². The molecule has 1 aliphatic carbocycles. The largest absolute Gasteiger partial charge is 0.461 e. The van der Waals surface area contributed by atoms with Crippen LogP contribution in [0.2, 0.25) is 0 Å². The van der Waals surface area contributed by atoms with Crippen LogP contribution in [0.4, 0.5) is 0 Å². The molecule has 0 saturated heterocycles. The van der Waals surface area contributed by atoms with Gasteiger partial charge < -0.3 is 9.15 Å². The third kappa shape index (κ3) is 4.25. The summed E-state index contributed by atoms with van der Waals surface area (Å²) in [6.45, 7) is 0.0930. The fourth-order valence-electron chi connectivity index (χ4n) is 3.41. The Hall–Kier alpha value is -2.53. The van der Waals surface area contributed by atoms with E-state index in [-0.39, 0.29) is 12.6 Å². The van der Waals surface area contributed by atoms with Gasteiger partial charge in [-0.2, -0.15) is 0 Å². The van der Waals surface area contributed by atoms with E-state index < -0.39 is 5.63 Å². The smallest absolute Gasteiger partial charge is 0.336 e. The maximum atomic E-state index is 12.1. The van der Waals surface area contributed by atoms with Crippen LogP contribution in [0, 0.1) is 0 Å². The van der Waals surface area contributed by atoms with E-state index in [1.165, 1.54) is 17.2 Å². The lowest BCUT2D eigenvalue weighted by Crippen LogP contribution is -2.08. The predicted molar refractivity (Wildman–Crippen MR) is 106 cm³/mol. The molecule has 4 rings (SSSR count). The lowest BCUT2D eigenvalue weighted by molar-refractivity contribution is -0.144. The van der Waals surface area contributed by atoms with Gasteiger partial charge in [0.05, 0.1) is 6.42 Å². The molecule has 1 aromatic heterocycles. The molecule has 1 aliphatic rings. The van der Waals surface area contributed by atoms with Crippen molar-refractivity contribution in [1.29, 1.82) is 0 Å². The summed E-state index contributed by atoms with van der Waals surface area (Å²) >= 11 is 1.62. The minimum Gasteiger partial charge on any atom is -0.461 e. The molecule has 0 atom stereocenters. The number of esters is 1. The van der Waals surface area contributed by atoms with E-state index in [1.54, 1.807) is 11.8 Å². The molecule has 0 fully saturated rings. The number of ether oxygens (including phenoxy) is 1. The SMILES string of the molecule is O=C(CCSc1ccccc1)OCc1cc(=O)oc2cc3c(cc12)CCC3. The zero-order valence-electron chi connectivity index (χ0n) is 14.9. The van der Waals surface area contributed by atoms with Crippen LogP contribution >= 0.6 is 11.8 Å². The fraction of sp³-hybridized carbons (Fsp3) is 0.273. The zero-order chi connectivity index (χ0) is 18.6. The van der Waals surface area contributed by atoms with Crippen LogP contribution in [-0.2, 0) is 29.0 Å². The summed E-state index contributed by atoms with van der Waals surface area (Å²) in [6.07, 6.45) is 3.52. The number of benzene rings is 2. The third-order valence-electron chi connectivity index (χ3n) is 4.75. The van der Waals surface area contributed by atoms with Crippen molar-refractivity contribution in [3.05, 3.63) is 75.6 Å². The van der Waals surface area contributed by atoms with Crippen LogP contribution in [0.15, 0.2) is 62.6 Å². The average molecular weight is 380 g/mol. The molecule has 0 bridgehead atoms. The van der Waals surface area contributed by atoms with Crippen LogP contribution in [0.1, 0.15) is 29.5 Å². The normalized spacial score (nSPS) is 12.9. The first-order chi connectivity index (χ1) is 13.2. The second-order valence-corrected chi connectivity index (χ2v) is 7.80. The molecule has 0 N–H and O–H groups in total. The first-order valence-electron chi connectivity index (χ1n) is 9.11. The van der Waals surface area contributed by atoms with Crippen molar-refractivity contribution in [2.45, 2.75) is 37.2 Å². The van der Waals surface area contributed by atoms with E-state index in [9.17, 15) is 9.59 Å². The Bertz CT molecular complexity index is 1020. The molecule has 0 amide bonds. The van der Waals surface area contributed by atoms with Gasteiger partial charge in [0.2, 0.25) is 0 Å². The lowest BCUT2D eigenvalue weighted by atomic mass is 10.0. The highest BCUT2D eigenvalue weighted by Crippen LogP contribution is 2.28. The summed E-state index contributed by atoms with van der Waals surface area (Å²) in [7, 11) is 0. The summed E-state index contributed by atoms with van der Waals surface area (Å²) in [5.41, 5.74) is 3.42. The average Bonchev–Trinajstić information content (AvgIpc) is 3.12. The summed E-state index contributed by atoms with van der Waals surface area (Å²) in [5.74, 6) is 0.398. The molecular formula is C22H20O4S. The van der Waals surface area contributed by atoms with E-state index in [1.807, 2.05) is 36.4 Å². The van der Waals surface area contributed by atoms with Crippen LogP contribution < -0.4 is 5.63 Å². The molecule has 0 saturated carbocycles. The molecule has 1 heterocycles. The maximum absolute atomic E-state index is 12.1. The highest BCUT2D eigenvalue weighted by molar-refractivity contribution is 7.99. The highest BCUT2D eigenvalue weighted by Gasteiger charge is 2.16. The van der Waals surface area contributed by atoms with Crippen molar-refractivity contribution in [1.82, 2.24) is 0 Å². The van der Waals surface area contributed by atoms with Gasteiger partial charge in [-0.25, -0.2) is 4.79 Å². The van der Waals surface area contributed by atoms with E-state index >= 15 is 0 Å². The van der Waals surface area contributed by atoms with Crippen LogP contribution in [0.25, 0.3) is 11.0 Å². The first kappa shape index (κ1) is 17.9. The molecule has 4 nitrogen and oxygen atoms in total. The van der Waals surface area contributed by atoms with Gasteiger partial charge in [0.25, 0.3) is 0 Å². The molecule has 138 valence electrons. The van der Waals surface area contributed by atoms with E-state index in [0.717, 1.165) is 29.5 Å². The Morgan fingerprint density at radius 3 is 2.67 bits per heavy atom. The Morgan fingerprint density at radius 2 is 1.85 bits per heavy atom. The van der Waals surface area contributed by atoms with Gasteiger partial charge in [-0.3, -0.25) is 4.79 Å². The maximum Gasteiger partial charge on any atom is 0.336 e. The number of carbonyl (C=O) groups is 1.